The molecule has 0 aliphatic carbocycles. The van der Waals surface area contributed by atoms with Crippen LogP contribution in [0.5, 0.6) is 0 Å². The third kappa shape index (κ3) is 6.19. The summed E-state index contributed by atoms with van der Waals surface area (Å²) in [6.07, 6.45) is 0.689. The topological polar surface area (TPSA) is 91.3 Å². The molecule has 0 fully saturated rings. The number of aryl methyl sites for hydroxylation is 1. The van der Waals surface area contributed by atoms with Gasteiger partial charge in [0, 0.05) is 17.8 Å². The van der Waals surface area contributed by atoms with Gasteiger partial charge in [-0.25, -0.2) is 9.78 Å². The average Bonchev–Trinajstić information content (AvgIpc) is 2.77. The zero-order valence-corrected chi connectivity index (χ0v) is 11.9. The van der Waals surface area contributed by atoms with E-state index in [1.165, 1.54) is 11.3 Å². The van der Waals surface area contributed by atoms with Crippen LogP contribution in [0, 0.1) is 12.8 Å². The van der Waals surface area contributed by atoms with Gasteiger partial charge in [-0.05, 0) is 19.3 Å². The third-order valence-corrected chi connectivity index (χ3v) is 3.65. The minimum atomic E-state index is -0.808. The van der Waals surface area contributed by atoms with Crippen molar-refractivity contribution in [3.05, 3.63) is 16.1 Å². The molecule has 0 saturated carbocycles. The maximum atomic E-state index is 11.5. The molecule has 1 aromatic heterocycles. The molecular weight excluding hydrogens is 266 g/mol. The zero-order valence-electron chi connectivity index (χ0n) is 11.1. The van der Waals surface area contributed by atoms with Gasteiger partial charge in [0.25, 0.3) is 0 Å². The van der Waals surface area contributed by atoms with Gasteiger partial charge in [0.15, 0.2) is 0 Å². The largest absolute Gasteiger partial charge is 0.481 e. The number of hydrogen-bond donors (Lipinski definition) is 3. The summed E-state index contributed by atoms with van der Waals surface area (Å²) in [7, 11) is 0. The molecule has 1 rings (SSSR count). The van der Waals surface area contributed by atoms with Gasteiger partial charge in [0.1, 0.15) is 0 Å². The van der Waals surface area contributed by atoms with Crippen LogP contribution in [0.25, 0.3) is 0 Å². The third-order valence-electron chi connectivity index (χ3n) is 2.72. The van der Waals surface area contributed by atoms with E-state index in [-0.39, 0.29) is 18.4 Å². The van der Waals surface area contributed by atoms with Gasteiger partial charge in [-0.3, -0.25) is 4.79 Å². The number of aliphatic carboxylic acids is 1. The highest BCUT2D eigenvalue weighted by Gasteiger charge is 2.08. The van der Waals surface area contributed by atoms with E-state index >= 15 is 0 Å². The van der Waals surface area contributed by atoms with Gasteiger partial charge in [0.05, 0.1) is 17.7 Å². The molecule has 106 valence electrons. The van der Waals surface area contributed by atoms with Crippen LogP contribution in [0.2, 0.25) is 0 Å². The maximum Gasteiger partial charge on any atom is 0.315 e. The predicted octanol–water partition coefficient (Wildman–Crippen LogP) is 1.75. The minimum absolute atomic E-state index is 0.129. The quantitative estimate of drug-likeness (QED) is 0.711. The zero-order chi connectivity index (χ0) is 14.3. The van der Waals surface area contributed by atoms with Crippen molar-refractivity contribution >= 4 is 23.3 Å². The van der Waals surface area contributed by atoms with Gasteiger partial charge in [0.2, 0.25) is 0 Å². The van der Waals surface area contributed by atoms with Crippen molar-refractivity contribution in [2.24, 2.45) is 5.92 Å². The number of aromatic nitrogens is 1. The van der Waals surface area contributed by atoms with Crippen LogP contribution in [0.3, 0.4) is 0 Å². The molecule has 0 aliphatic heterocycles. The first-order valence-electron chi connectivity index (χ1n) is 6.11. The molecule has 0 aromatic carbocycles. The van der Waals surface area contributed by atoms with Crippen molar-refractivity contribution in [3.63, 3.8) is 0 Å². The highest BCUT2D eigenvalue weighted by molar-refractivity contribution is 7.09. The molecule has 1 atom stereocenters. The first-order valence-corrected chi connectivity index (χ1v) is 6.99. The molecule has 0 spiro atoms. The number of carboxylic acid groups (broad SMARTS) is 1. The van der Waals surface area contributed by atoms with E-state index in [2.05, 4.69) is 15.6 Å². The number of thiazole rings is 1. The summed E-state index contributed by atoms with van der Waals surface area (Å²) in [6, 6.07) is -0.241. The van der Waals surface area contributed by atoms with Crippen molar-refractivity contribution in [3.8, 4) is 0 Å². The van der Waals surface area contributed by atoms with E-state index in [0.717, 1.165) is 10.6 Å². The fraction of sp³-hybridized carbons (Fsp3) is 0.583. The minimum Gasteiger partial charge on any atom is -0.481 e. The van der Waals surface area contributed by atoms with Crippen molar-refractivity contribution in [2.45, 2.75) is 33.2 Å². The number of carbonyl (C=O) groups excluding carboxylic acids is 1. The molecular formula is C12H19N3O3S. The molecule has 1 aromatic rings. The molecule has 1 heterocycles. The summed E-state index contributed by atoms with van der Waals surface area (Å²) in [5.41, 5.74) is 2.68. The summed E-state index contributed by atoms with van der Waals surface area (Å²) < 4.78 is 0. The first kappa shape index (κ1) is 15.4. The molecule has 7 heteroatoms. The molecule has 0 aliphatic rings. The smallest absolute Gasteiger partial charge is 0.315 e. The monoisotopic (exact) mass is 285 g/mol. The molecule has 6 nitrogen and oxygen atoms in total. The lowest BCUT2D eigenvalue weighted by molar-refractivity contribution is -0.137. The fourth-order valence-electron chi connectivity index (χ4n) is 1.46. The van der Waals surface area contributed by atoms with Gasteiger partial charge < -0.3 is 15.7 Å². The van der Waals surface area contributed by atoms with Gasteiger partial charge in [-0.2, -0.15) is 0 Å². The number of hydrogen-bond acceptors (Lipinski definition) is 4. The van der Waals surface area contributed by atoms with Crippen LogP contribution in [0.15, 0.2) is 5.51 Å². The Morgan fingerprint density at radius 3 is 2.79 bits per heavy atom. The second-order valence-corrected chi connectivity index (χ2v) is 5.40. The number of carboxylic acids is 1. The van der Waals surface area contributed by atoms with E-state index < -0.39 is 5.97 Å². The van der Waals surface area contributed by atoms with E-state index in [9.17, 15) is 9.59 Å². The molecule has 3 N–H and O–H groups in total. The summed E-state index contributed by atoms with van der Waals surface area (Å²) in [4.78, 5) is 27.1. The number of nitrogens with one attached hydrogen (secondary N) is 2. The van der Waals surface area contributed by atoms with Gasteiger partial charge in [-0.1, -0.05) is 6.92 Å². The van der Waals surface area contributed by atoms with Crippen molar-refractivity contribution in [1.29, 1.82) is 0 Å². The predicted molar refractivity (Wildman–Crippen MR) is 73.1 cm³/mol. The standard InChI is InChI=1S/C12H19N3O3S/c1-8(3-4-11(16)17)5-13-12(18)14-6-10-9(2)15-7-19-10/h7-8H,3-6H2,1-2H3,(H,16,17)(H2,13,14,18). The van der Waals surface area contributed by atoms with E-state index in [1.54, 1.807) is 5.51 Å². The SMILES string of the molecule is Cc1ncsc1CNC(=O)NCC(C)CCC(=O)O. The Morgan fingerprint density at radius 1 is 1.47 bits per heavy atom. The number of carbonyl (C=O) groups is 2. The second-order valence-electron chi connectivity index (χ2n) is 4.46. The van der Waals surface area contributed by atoms with E-state index in [0.29, 0.717) is 19.5 Å². The lowest BCUT2D eigenvalue weighted by Gasteiger charge is -2.12. The van der Waals surface area contributed by atoms with Crippen LogP contribution in [-0.4, -0.2) is 28.6 Å². The van der Waals surface area contributed by atoms with Crippen LogP contribution in [-0.2, 0) is 11.3 Å². The number of nitrogens with zero attached hydrogens (tertiary/aromatic N) is 1. The Bertz CT molecular complexity index is 434. The number of amides is 2. The number of rotatable bonds is 7. The summed E-state index contributed by atoms with van der Waals surface area (Å²) in [5.74, 6) is -0.663. The van der Waals surface area contributed by atoms with Crippen LogP contribution >= 0.6 is 11.3 Å². The van der Waals surface area contributed by atoms with Crippen LogP contribution in [0.1, 0.15) is 30.3 Å². The average molecular weight is 285 g/mol. The Balaban J connectivity index is 2.17. The first-order chi connectivity index (χ1) is 8.99. The molecule has 0 radical (unpaired) electrons. The number of urea groups is 1. The van der Waals surface area contributed by atoms with E-state index in [4.69, 9.17) is 5.11 Å². The fourth-order valence-corrected chi connectivity index (χ4v) is 2.17. The Labute approximate surface area is 116 Å². The maximum absolute atomic E-state index is 11.5. The lowest BCUT2D eigenvalue weighted by atomic mass is 10.1. The van der Waals surface area contributed by atoms with Gasteiger partial charge >= 0.3 is 12.0 Å². The molecule has 0 saturated heterocycles. The van der Waals surface area contributed by atoms with Crippen molar-refractivity contribution < 1.29 is 14.7 Å². The summed E-state index contributed by atoms with van der Waals surface area (Å²) in [6.45, 7) is 4.75. The second kappa shape index (κ2) is 7.73. The van der Waals surface area contributed by atoms with Gasteiger partial charge in [-0.15, -0.1) is 11.3 Å². The highest BCUT2D eigenvalue weighted by atomic mass is 32.1. The van der Waals surface area contributed by atoms with Crippen molar-refractivity contribution in [2.75, 3.05) is 6.54 Å². The van der Waals surface area contributed by atoms with Crippen LogP contribution < -0.4 is 10.6 Å². The Hall–Kier alpha value is -1.63. The lowest BCUT2D eigenvalue weighted by Crippen LogP contribution is -2.37. The van der Waals surface area contributed by atoms with Crippen molar-refractivity contribution in [1.82, 2.24) is 15.6 Å². The summed E-state index contributed by atoms with van der Waals surface area (Å²) in [5, 5.41) is 14.0. The highest BCUT2D eigenvalue weighted by Crippen LogP contribution is 2.11. The molecule has 1 unspecified atom stereocenters. The Morgan fingerprint density at radius 2 is 2.21 bits per heavy atom. The van der Waals surface area contributed by atoms with E-state index in [1.807, 2.05) is 13.8 Å². The Kier molecular flexibility index (Phi) is 6.27. The molecule has 19 heavy (non-hydrogen) atoms. The molecule has 2 amide bonds. The van der Waals surface area contributed by atoms with Crippen LogP contribution in [0.4, 0.5) is 4.79 Å². The normalized spacial score (nSPS) is 11.9. The molecule has 0 bridgehead atoms. The summed E-state index contributed by atoms with van der Waals surface area (Å²) >= 11 is 1.51.